The van der Waals surface area contributed by atoms with E-state index in [4.69, 9.17) is 9.56 Å². The molecule has 1 saturated carbocycles. The molecule has 2 aliphatic rings. The third-order valence-corrected chi connectivity index (χ3v) is 14.3. The Morgan fingerprint density at radius 3 is 2.66 bits per heavy atom. The molecule has 2 heterocycles. The van der Waals surface area contributed by atoms with Crippen molar-refractivity contribution in [2.75, 3.05) is 11.1 Å². The maximum absolute atomic E-state index is 11.8. The summed E-state index contributed by atoms with van der Waals surface area (Å²) in [7, 11) is -5.57. The Bertz CT molecular complexity index is 1420. The second-order valence-electron chi connectivity index (χ2n) is 12.6. The van der Waals surface area contributed by atoms with Crippen molar-refractivity contribution < 1.29 is 12.8 Å². The van der Waals surface area contributed by atoms with Gasteiger partial charge in [-0.15, -0.1) is 0 Å². The van der Waals surface area contributed by atoms with E-state index in [0.717, 1.165) is 42.5 Å². The summed E-state index contributed by atoms with van der Waals surface area (Å²) in [5.41, 5.74) is 3.65. The molecule has 0 radical (unpaired) electrons. The third kappa shape index (κ3) is 5.54. The van der Waals surface area contributed by atoms with Crippen molar-refractivity contribution in [1.29, 1.82) is 0 Å². The number of aryl methyl sites for hydroxylation is 1. The lowest BCUT2D eigenvalue weighted by molar-refractivity contribution is 0.137. The lowest BCUT2D eigenvalue weighted by Crippen LogP contribution is -2.45. The fraction of sp³-hybridized carbons (Fsp3) is 0.571. The van der Waals surface area contributed by atoms with Gasteiger partial charge in [0.05, 0.1) is 17.2 Å². The molecule has 0 aliphatic heterocycles. The average molecular weight is 556 g/mol. The van der Waals surface area contributed by atoms with Gasteiger partial charge in [-0.25, -0.2) is 23.5 Å². The Kier molecular flexibility index (Phi) is 7.21. The van der Waals surface area contributed by atoms with Crippen LogP contribution in [-0.2, 0) is 20.9 Å². The van der Waals surface area contributed by atoms with Crippen LogP contribution in [0.4, 0.5) is 5.82 Å². The van der Waals surface area contributed by atoms with E-state index in [0.29, 0.717) is 6.42 Å². The van der Waals surface area contributed by atoms with Gasteiger partial charge in [0.2, 0.25) is 10.0 Å². The van der Waals surface area contributed by atoms with E-state index in [2.05, 4.69) is 90.2 Å². The monoisotopic (exact) mass is 555 g/mol. The van der Waals surface area contributed by atoms with E-state index in [9.17, 15) is 8.42 Å². The molecule has 10 heteroatoms. The van der Waals surface area contributed by atoms with E-state index >= 15 is 0 Å². The van der Waals surface area contributed by atoms with Crippen molar-refractivity contribution in [1.82, 2.24) is 14.5 Å². The predicted octanol–water partition coefficient (Wildman–Crippen LogP) is 5.55. The highest BCUT2D eigenvalue weighted by atomic mass is 32.2. The zero-order chi connectivity index (χ0) is 27.3. The van der Waals surface area contributed by atoms with Gasteiger partial charge < -0.3 is 14.3 Å². The van der Waals surface area contributed by atoms with Crippen LogP contribution in [-0.4, -0.2) is 43.1 Å². The molecule has 0 saturated heterocycles. The Morgan fingerprint density at radius 1 is 1.16 bits per heavy atom. The topological polar surface area (TPSA) is 112 Å². The van der Waals surface area contributed by atoms with Gasteiger partial charge in [-0.05, 0) is 73.3 Å². The Balaban J connectivity index is 1.40. The van der Waals surface area contributed by atoms with Crippen LogP contribution in [0.3, 0.4) is 0 Å². The molecule has 0 spiro atoms. The zero-order valence-corrected chi connectivity index (χ0v) is 25.0. The zero-order valence-electron chi connectivity index (χ0n) is 23.1. The summed E-state index contributed by atoms with van der Waals surface area (Å²) >= 11 is 0. The minimum absolute atomic E-state index is 0.00508. The predicted molar refractivity (Wildman–Crippen MR) is 155 cm³/mol. The van der Waals surface area contributed by atoms with Crippen LogP contribution in [0.15, 0.2) is 42.9 Å². The summed E-state index contributed by atoms with van der Waals surface area (Å²) in [6, 6.07) is 11.1. The number of nitrogens with two attached hydrogens (primary N) is 1. The molecule has 1 aromatic carbocycles. The van der Waals surface area contributed by atoms with Gasteiger partial charge in [0.1, 0.15) is 17.8 Å². The summed E-state index contributed by atoms with van der Waals surface area (Å²) in [4.78, 5) is 9.29. The highest BCUT2D eigenvalue weighted by Crippen LogP contribution is 2.45. The normalized spacial score (nSPS) is 24.2. The molecule has 38 heavy (non-hydrogen) atoms. The van der Waals surface area contributed by atoms with E-state index in [1.807, 2.05) is 0 Å². The van der Waals surface area contributed by atoms with Crippen LogP contribution in [0.1, 0.15) is 69.7 Å². The summed E-state index contributed by atoms with van der Waals surface area (Å²) in [6.45, 7) is 11.2. The number of hydrogen-bond donors (Lipinski definition) is 2. The average Bonchev–Trinajstić information content (AvgIpc) is 3.54. The molecule has 206 valence electrons. The smallest absolute Gasteiger partial charge is 0.209 e. The van der Waals surface area contributed by atoms with Crippen LogP contribution >= 0.6 is 0 Å². The maximum atomic E-state index is 11.8. The van der Waals surface area contributed by atoms with Crippen LogP contribution in [0.5, 0.6) is 0 Å². The molecular weight excluding hydrogens is 514 g/mol. The largest absolute Gasteiger partial charge is 0.414 e. The molecule has 3 N–H and O–H groups in total. The van der Waals surface area contributed by atoms with Gasteiger partial charge in [0, 0.05) is 18.3 Å². The van der Waals surface area contributed by atoms with Gasteiger partial charge in [-0.2, -0.15) is 0 Å². The first-order valence-electron chi connectivity index (χ1n) is 13.7. The number of nitrogens with one attached hydrogen (secondary N) is 1. The van der Waals surface area contributed by atoms with Crippen molar-refractivity contribution in [3.05, 3.63) is 54.0 Å². The molecular formula is C28H41N5O3SSi. The van der Waals surface area contributed by atoms with Gasteiger partial charge in [0.25, 0.3) is 0 Å². The van der Waals surface area contributed by atoms with E-state index in [1.54, 1.807) is 6.33 Å². The lowest BCUT2D eigenvalue weighted by Gasteiger charge is -2.40. The highest BCUT2D eigenvalue weighted by molar-refractivity contribution is 7.89. The van der Waals surface area contributed by atoms with Gasteiger partial charge in [0.15, 0.2) is 8.32 Å². The molecule has 3 aromatic rings. The summed E-state index contributed by atoms with van der Waals surface area (Å²) in [5.74, 6) is 0.959. The number of hydrogen-bond acceptors (Lipinski definition) is 6. The van der Waals surface area contributed by atoms with E-state index < -0.39 is 18.3 Å². The number of nitrogens with zero attached hydrogens (tertiary/aromatic N) is 3. The Labute approximate surface area is 227 Å². The molecule has 2 aliphatic carbocycles. The first kappa shape index (κ1) is 27.3. The molecule has 0 amide bonds. The third-order valence-electron chi connectivity index (χ3n) is 8.98. The standard InChI is InChI=1S/C28H41N5O3SSi/c1-28(2,3)38(4,5)36-25-17-21(16-20(25)13-15-37(29,34)35)33-14-12-23-26(30-18-31-27(23)33)32-24-11-10-19-8-6-7-9-22(19)24/h6-9,12,14,18,20-21,24-25H,10-11,13,15-17H2,1-5H3,(H2,29,34,35)(H,30,31,32)/t20-,21-,24+,25?/m1/s1. The molecule has 2 aromatic heterocycles. The quantitative estimate of drug-likeness (QED) is 0.353. The van der Waals surface area contributed by atoms with Crippen molar-refractivity contribution in [2.24, 2.45) is 11.1 Å². The van der Waals surface area contributed by atoms with Gasteiger partial charge >= 0.3 is 0 Å². The Hall–Kier alpha value is -2.27. The van der Waals surface area contributed by atoms with Crippen molar-refractivity contribution in [3.8, 4) is 0 Å². The van der Waals surface area contributed by atoms with E-state index in [1.165, 1.54) is 11.1 Å². The number of aromatic nitrogens is 3. The number of anilines is 1. The summed E-state index contributed by atoms with van der Waals surface area (Å²) in [6.07, 6.45) is 8.02. The number of rotatable bonds is 8. The van der Waals surface area contributed by atoms with Crippen LogP contribution in [0.2, 0.25) is 18.1 Å². The first-order valence-corrected chi connectivity index (χ1v) is 18.3. The summed E-state index contributed by atoms with van der Waals surface area (Å²) < 4.78 is 32.7. The second kappa shape index (κ2) is 10.0. The van der Waals surface area contributed by atoms with Crippen LogP contribution < -0.4 is 10.5 Å². The molecule has 4 atom stereocenters. The number of sulfonamides is 1. The van der Waals surface area contributed by atoms with Crippen molar-refractivity contribution in [3.63, 3.8) is 0 Å². The number of primary sulfonamides is 1. The summed E-state index contributed by atoms with van der Waals surface area (Å²) in [5, 5.41) is 10.1. The van der Waals surface area contributed by atoms with E-state index in [-0.39, 0.29) is 34.9 Å². The molecule has 1 fully saturated rings. The van der Waals surface area contributed by atoms with Gasteiger partial charge in [-0.3, -0.25) is 0 Å². The molecule has 1 unspecified atom stereocenters. The number of benzene rings is 1. The van der Waals surface area contributed by atoms with Crippen molar-refractivity contribution >= 4 is 35.2 Å². The van der Waals surface area contributed by atoms with Crippen molar-refractivity contribution in [2.45, 2.75) is 89.2 Å². The SMILES string of the molecule is CC(C)(C)[Si](C)(C)OC1C[C@H](n2ccc3c(N[C@H]4CCc5ccccc54)ncnc32)C[C@H]1CCS(N)(=O)=O. The van der Waals surface area contributed by atoms with Crippen LogP contribution in [0.25, 0.3) is 11.0 Å². The van der Waals surface area contributed by atoms with Gasteiger partial charge in [-0.1, -0.05) is 45.0 Å². The second-order valence-corrected chi connectivity index (χ2v) is 19.1. The highest BCUT2D eigenvalue weighted by Gasteiger charge is 2.44. The number of fused-ring (bicyclic) bond motifs is 2. The molecule has 0 bridgehead atoms. The van der Waals surface area contributed by atoms with Crippen LogP contribution in [0, 0.1) is 5.92 Å². The minimum Gasteiger partial charge on any atom is -0.414 e. The molecule has 5 rings (SSSR count). The fourth-order valence-electron chi connectivity index (χ4n) is 5.86. The maximum Gasteiger partial charge on any atom is 0.209 e. The fourth-order valence-corrected chi connectivity index (χ4v) is 7.89. The minimum atomic E-state index is -3.53. The lowest BCUT2D eigenvalue weighted by atomic mass is 10.0. The first-order chi connectivity index (χ1) is 17.8. The Morgan fingerprint density at radius 2 is 1.92 bits per heavy atom. The molecule has 8 nitrogen and oxygen atoms in total.